The van der Waals surface area contributed by atoms with Crippen molar-refractivity contribution in [2.75, 3.05) is 31.6 Å². The molecule has 1 fully saturated rings. The molecule has 0 saturated carbocycles. The van der Waals surface area contributed by atoms with Crippen molar-refractivity contribution in [2.45, 2.75) is 91.1 Å². The summed E-state index contributed by atoms with van der Waals surface area (Å²) in [6, 6.07) is 8.46. The van der Waals surface area contributed by atoms with E-state index in [2.05, 4.69) is 40.8 Å². The molecule has 1 aliphatic heterocycles. The van der Waals surface area contributed by atoms with Crippen LogP contribution in [0.25, 0.3) is 0 Å². The number of aryl methyl sites for hydroxylation is 3. The molecule has 2 aliphatic rings. The molecule has 2 amide bonds. The Morgan fingerprint density at radius 2 is 1.78 bits per heavy atom. The highest BCUT2D eigenvalue weighted by atomic mass is 16.2. The number of nitrogens with zero attached hydrogens (tertiary/aromatic N) is 5. The molecule has 1 aliphatic carbocycles. The van der Waals surface area contributed by atoms with Gasteiger partial charge in [0.15, 0.2) is 0 Å². The lowest BCUT2D eigenvalue weighted by molar-refractivity contribution is -0.133. The van der Waals surface area contributed by atoms with Gasteiger partial charge in [-0.05, 0) is 76.1 Å². The Labute approximate surface area is 222 Å². The first-order valence-corrected chi connectivity index (χ1v) is 14.1. The summed E-state index contributed by atoms with van der Waals surface area (Å²) in [5.74, 6) is 2.08. The molecule has 0 spiro atoms. The number of anilines is 1. The van der Waals surface area contributed by atoms with E-state index < -0.39 is 0 Å². The summed E-state index contributed by atoms with van der Waals surface area (Å²) in [5, 5.41) is 0. The number of carbonyl (C=O) groups excluding carboxylic acids is 2. The van der Waals surface area contributed by atoms with Crippen LogP contribution in [0.4, 0.5) is 5.82 Å². The molecule has 1 aromatic heterocycles. The predicted octanol–water partition coefficient (Wildman–Crippen LogP) is 5.25. The zero-order valence-electron chi connectivity index (χ0n) is 23.3. The van der Waals surface area contributed by atoms with Gasteiger partial charge >= 0.3 is 0 Å². The molecule has 1 saturated heterocycles. The maximum atomic E-state index is 13.6. The molecule has 4 rings (SSSR count). The lowest BCUT2D eigenvalue weighted by Gasteiger charge is -2.37. The minimum atomic E-state index is 0.0675. The van der Waals surface area contributed by atoms with E-state index in [4.69, 9.17) is 0 Å². The highest BCUT2D eigenvalue weighted by Gasteiger charge is 2.32. The summed E-state index contributed by atoms with van der Waals surface area (Å²) in [5.41, 5.74) is 4.14. The second kappa shape index (κ2) is 12.1. The van der Waals surface area contributed by atoms with Crippen LogP contribution in [0.15, 0.2) is 24.3 Å². The van der Waals surface area contributed by atoms with Crippen LogP contribution in [0.1, 0.15) is 97.8 Å². The molecule has 200 valence electrons. The minimum Gasteiger partial charge on any atom is -0.356 e. The summed E-state index contributed by atoms with van der Waals surface area (Å²) in [6.45, 7) is 10.6. The zero-order chi connectivity index (χ0) is 26.5. The van der Waals surface area contributed by atoms with Gasteiger partial charge in [0.1, 0.15) is 11.6 Å². The van der Waals surface area contributed by atoms with Crippen molar-refractivity contribution < 1.29 is 9.59 Å². The van der Waals surface area contributed by atoms with Crippen molar-refractivity contribution in [3.63, 3.8) is 0 Å². The third-order valence-electron chi connectivity index (χ3n) is 8.08. The number of benzene rings is 1. The van der Waals surface area contributed by atoms with E-state index in [1.807, 2.05) is 42.8 Å². The van der Waals surface area contributed by atoms with Gasteiger partial charge in [0, 0.05) is 56.5 Å². The number of hydrogen-bond donors (Lipinski definition) is 0. The van der Waals surface area contributed by atoms with Crippen molar-refractivity contribution in [1.82, 2.24) is 19.8 Å². The maximum Gasteiger partial charge on any atom is 0.253 e. The first kappa shape index (κ1) is 27.1. The molecule has 2 heterocycles. The van der Waals surface area contributed by atoms with Crippen LogP contribution in [-0.2, 0) is 11.2 Å². The van der Waals surface area contributed by atoms with E-state index >= 15 is 0 Å². The Hall–Kier alpha value is -2.96. The Bertz CT molecular complexity index is 1090. The highest BCUT2D eigenvalue weighted by molar-refractivity contribution is 5.94. The second-order valence-electron chi connectivity index (χ2n) is 10.7. The molecule has 7 nitrogen and oxygen atoms in total. The summed E-state index contributed by atoms with van der Waals surface area (Å²) in [7, 11) is 1.93. The van der Waals surface area contributed by atoms with Gasteiger partial charge in [-0.2, -0.15) is 0 Å². The van der Waals surface area contributed by atoms with Crippen molar-refractivity contribution >= 4 is 17.6 Å². The van der Waals surface area contributed by atoms with Gasteiger partial charge in [0.25, 0.3) is 5.91 Å². The third-order valence-corrected chi connectivity index (χ3v) is 8.08. The van der Waals surface area contributed by atoms with E-state index in [0.717, 1.165) is 86.5 Å². The van der Waals surface area contributed by atoms with Gasteiger partial charge in [-0.1, -0.05) is 25.8 Å². The normalized spacial score (nSPS) is 17.5. The first-order valence-electron chi connectivity index (χ1n) is 14.1. The average molecular weight is 506 g/mol. The topological polar surface area (TPSA) is 69.6 Å². The molecule has 0 bridgehead atoms. The highest BCUT2D eigenvalue weighted by Crippen LogP contribution is 2.37. The number of unbranched alkanes of at least 4 members (excludes halogenated alkanes) is 2. The molecular formula is C30H43N5O2. The summed E-state index contributed by atoms with van der Waals surface area (Å²) in [6.07, 6.45) is 7.49. The summed E-state index contributed by atoms with van der Waals surface area (Å²) < 4.78 is 0. The Kier molecular flexibility index (Phi) is 8.83. The molecule has 1 aromatic carbocycles. The molecule has 0 N–H and O–H groups in total. The summed E-state index contributed by atoms with van der Waals surface area (Å²) >= 11 is 0. The Balaban J connectivity index is 1.42. The summed E-state index contributed by atoms with van der Waals surface area (Å²) in [4.78, 5) is 41.8. The van der Waals surface area contributed by atoms with E-state index in [1.54, 1.807) is 0 Å². The molecule has 37 heavy (non-hydrogen) atoms. The number of fused-ring (bicyclic) bond motifs is 1. The molecular weight excluding hydrogens is 462 g/mol. The predicted molar refractivity (Wildman–Crippen MR) is 148 cm³/mol. The van der Waals surface area contributed by atoms with Gasteiger partial charge in [-0.15, -0.1) is 0 Å². The van der Waals surface area contributed by atoms with Crippen LogP contribution in [0.5, 0.6) is 0 Å². The van der Waals surface area contributed by atoms with Gasteiger partial charge in [0.05, 0.1) is 6.04 Å². The van der Waals surface area contributed by atoms with Crippen molar-refractivity contribution in [3.8, 4) is 0 Å². The fraction of sp³-hybridized carbons (Fsp3) is 0.600. The van der Waals surface area contributed by atoms with E-state index in [9.17, 15) is 9.59 Å². The van der Waals surface area contributed by atoms with E-state index in [0.29, 0.717) is 13.0 Å². The first-order chi connectivity index (χ1) is 17.8. The standard InChI is InChI=1S/C30H43N5O2/c1-6-8-9-10-29(36)35(7-2)27-14-13-23-11-12-24(20-26(23)27)30(37)33(5)25-15-17-34(18-16-25)28-19-21(3)31-22(4)32-28/h11-12,19-20,25,27H,6-10,13-18H2,1-5H3/t27-/m1/s1. The van der Waals surface area contributed by atoms with Gasteiger partial charge < -0.3 is 14.7 Å². The van der Waals surface area contributed by atoms with Crippen LogP contribution in [0, 0.1) is 13.8 Å². The van der Waals surface area contributed by atoms with Crippen molar-refractivity contribution in [3.05, 3.63) is 52.5 Å². The monoisotopic (exact) mass is 505 g/mol. The lowest BCUT2D eigenvalue weighted by atomic mass is 9.99. The smallest absolute Gasteiger partial charge is 0.253 e. The number of aromatic nitrogens is 2. The van der Waals surface area contributed by atoms with Gasteiger partial charge in [0.2, 0.25) is 5.91 Å². The van der Waals surface area contributed by atoms with Crippen LogP contribution in [-0.4, -0.2) is 64.3 Å². The van der Waals surface area contributed by atoms with Crippen LogP contribution >= 0.6 is 0 Å². The van der Waals surface area contributed by atoms with Crippen LogP contribution in [0.2, 0.25) is 0 Å². The number of rotatable bonds is 9. The quantitative estimate of drug-likeness (QED) is 0.435. The fourth-order valence-corrected chi connectivity index (χ4v) is 5.99. The van der Waals surface area contributed by atoms with Crippen LogP contribution < -0.4 is 4.90 Å². The minimum absolute atomic E-state index is 0.0675. The van der Waals surface area contributed by atoms with Crippen molar-refractivity contribution in [2.24, 2.45) is 0 Å². The fourth-order valence-electron chi connectivity index (χ4n) is 5.99. The van der Waals surface area contributed by atoms with Gasteiger partial charge in [-0.25, -0.2) is 9.97 Å². The van der Waals surface area contributed by atoms with Crippen molar-refractivity contribution in [1.29, 1.82) is 0 Å². The zero-order valence-corrected chi connectivity index (χ0v) is 23.3. The number of carbonyl (C=O) groups is 2. The van der Waals surface area contributed by atoms with E-state index in [-0.39, 0.29) is 23.9 Å². The number of piperidine rings is 1. The Morgan fingerprint density at radius 3 is 2.46 bits per heavy atom. The van der Waals surface area contributed by atoms with E-state index in [1.165, 1.54) is 5.56 Å². The third kappa shape index (κ3) is 6.13. The molecule has 2 aromatic rings. The number of hydrogen-bond acceptors (Lipinski definition) is 5. The maximum absolute atomic E-state index is 13.6. The molecule has 0 radical (unpaired) electrons. The molecule has 0 unspecified atom stereocenters. The average Bonchev–Trinajstić information content (AvgIpc) is 3.31. The second-order valence-corrected chi connectivity index (χ2v) is 10.7. The SMILES string of the molecule is CCCCCC(=O)N(CC)[C@@H]1CCc2ccc(C(=O)N(C)C3CCN(c4cc(C)nc(C)n4)CC3)cc21. The number of amides is 2. The van der Waals surface area contributed by atoms with Crippen LogP contribution in [0.3, 0.4) is 0 Å². The molecule has 1 atom stereocenters. The lowest BCUT2D eigenvalue weighted by Crippen LogP contribution is -2.46. The van der Waals surface area contributed by atoms with Gasteiger partial charge in [-0.3, -0.25) is 9.59 Å². The largest absolute Gasteiger partial charge is 0.356 e. The molecule has 7 heteroatoms. The Morgan fingerprint density at radius 1 is 1.03 bits per heavy atom.